The molecule has 17 heavy (non-hydrogen) atoms. The van der Waals surface area contributed by atoms with E-state index < -0.39 is 0 Å². The molecule has 2 N–H and O–H groups in total. The average molecular weight is 239 g/mol. The summed E-state index contributed by atoms with van der Waals surface area (Å²) in [6.45, 7) is 7.05. The van der Waals surface area contributed by atoms with Gasteiger partial charge in [-0.3, -0.25) is 9.48 Å². The summed E-state index contributed by atoms with van der Waals surface area (Å²) >= 11 is 0. The molecule has 0 fully saturated rings. The molecule has 0 atom stereocenters. The van der Waals surface area contributed by atoms with Crippen molar-refractivity contribution >= 4 is 5.91 Å². The predicted molar refractivity (Wildman–Crippen MR) is 65.3 cm³/mol. The van der Waals surface area contributed by atoms with Crippen LogP contribution in [0.5, 0.6) is 0 Å². The number of carbonyl (C=O) groups excluding carboxylic acids is 1. The number of carbonyl (C=O) groups is 1. The van der Waals surface area contributed by atoms with E-state index in [1.807, 2.05) is 17.8 Å². The summed E-state index contributed by atoms with van der Waals surface area (Å²) in [6, 6.07) is 0. The van der Waals surface area contributed by atoms with Gasteiger partial charge < -0.3 is 10.6 Å². The van der Waals surface area contributed by atoms with E-state index in [2.05, 4.69) is 27.9 Å². The zero-order valence-electron chi connectivity index (χ0n) is 10.6. The van der Waals surface area contributed by atoms with Gasteiger partial charge in [0, 0.05) is 32.3 Å². The van der Waals surface area contributed by atoms with Crippen LogP contribution in [0.2, 0.25) is 0 Å². The van der Waals surface area contributed by atoms with E-state index in [1.54, 1.807) is 0 Å². The van der Waals surface area contributed by atoms with Crippen molar-refractivity contribution < 1.29 is 4.79 Å². The van der Waals surface area contributed by atoms with E-state index in [1.165, 1.54) is 0 Å². The summed E-state index contributed by atoms with van der Waals surface area (Å²) in [5.41, 5.74) is 0.949. The number of hydrogen-bond donors (Lipinski definition) is 2. The minimum atomic E-state index is 0.0939. The van der Waals surface area contributed by atoms with Gasteiger partial charge >= 0.3 is 0 Å². The van der Waals surface area contributed by atoms with E-state index in [0.29, 0.717) is 13.0 Å². The third-order valence-electron chi connectivity index (χ3n) is 2.35. The molecular formula is C11H21N5O. The van der Waals surface area contributed by atoms with Crippen molar-refractivity contribution in [2.24, 2.45) is 0 Å². The van der Waals surface area contributed by atoms with E-state index in [0.717, 1.165) is 31.7 Å². The monoisotopic (exact) mass is 239 g/mol. The fraction of sp³-hybridized carbons (Fsp3) is 0.727. The Labute approximate surface area is 102 Å². The summed E-state index contributed by atoms with van der Waals surface area (Å²) < 4.78 is 1.81. The lowest BCUT2D eigenvalue weighted by atomic mass is 10.4. The highest BCUT2D eigenvalue weighted by Crippen LogP contribution is 1.94. The lowest BCUT2D eigenvalue weighted by molar-refractivity contribution is -0.120. The molecule has 0 aliphatic rings. The van der Waals surface area contributed by atoms with Gasteiger partial charge in [-0.25, -0.2) is 0 Å². The number of aryl methyl sites for hydroxylation is 1. The molecular weight excluding hydrogens is 218 g/mol. The van der Waals surface area contributed by atoms with Crippen LogP contribution in [-0.2, 0) is 17.9 Å². The van der Waals surface area contributed by atoms with Crippen LogP contribution in [0.1, 0.15) is 32.4 Å². The van der Waals surface area contributed by atoms with E-state index in [4.69, 9.17) is 0 Å². The second kappa shape index (κ2) is 7.78. The molecule has 1 amide bonds. The third kappa shape index (κ3) is 5.44. The molecule has 0 saturated heterocycles. The molecule has 1 rings (SSSR count). The van der Waals surface area contributed by atoms with Crippen molar-refractivity contribution in [1.29, 1.82) is 0 Å². The van der Waals surface area contributed by atoms with Gasteiger partial charge in [-0.05, 0) is 13.0 Å². The smallest absolute Gasteiger partial charge is 0.219 e. The van der Waals surface area contributed by atoms with Crippen molar-refractivity contribution in [3.8, 4) is 0 Å². The minimum Gasteiger partial charge on any atom is -0.356 e. The molecule has 1 heterocycles. The molecule has 1 aromatic rings. The number of amides is 1. The Hall–Kier alpha value is -1.43. The van der Waals surface area contributed by atoms with E-state index >= 15 is 0 Å². The molecule has 0 aliphatic heterocycles. The van der Waals surface area contributed by atoms with Crippen LogP contribution in [0.4, 0.5) is 0 Å². The van der Waals surface area contributed by atoms with E-state index in [-0.39, 0.29) is 5.91 Å². The highest BCUT2D eigenvalue weighted by molar-refractivity contribution is 5.75. The molecule has 0 aromatic carbocycles. The molecule has 0 aliphatic carbocycles. The van der Waals surface area contributed by atoms with Crippen LogP contribution >= 0.6 is 0 Å². The summed E-state index contributed by atoms with van der Waals surface area (Å²) in [5, 5.41) is 14.1. The number of nitrogens with one attached hydrogen (secondary N) is 2. The van der Waals surface area contributed by atoms with Gasteiger partial charge in [0.25, 0.3) is 0 Å². The Morgan fingerprint density at radius 1 is 1.47 bits per heavy atom. The SMILES string of the molecule is CCNCc1cn(CCCNC(=O)CC)nn1. The lowest BCUT2D eigenvalue weighted by Crippen LogP contribution is -2.24. The first-order valence-electron chi connectivity index (χ1n) is 6.12. The summed E-state index contributed by atoms with van der Waals surface area (Å²) in [6.07, 6.45) is 3.34. The molecule has 0 unspecified atom stereocenters. The number of nitrogens with zero attached hydrogens (tertiary/aromatic N) is 3. The quantitative estimate of drug-likeness (QED) is 0.640. The van der Waals surface area contributed by atoms with Gasteiger partial charge in [0.05, 0.1) is 5.69 Å². The van der Waals surface area contributed by atoms with Crippen molar-refractivity contribution in [2.45, 2.75) is 39.8 Å². The van der Waals surface area contributed by atoms with Crippen LogP contribution in [0.3, 0.4) is 0 Å². The van der Waals surface area contributed by atoms with Gasteiger partial charge in [0.2, 0.25) is 5.91 Å². The maximum atomic E-state index is 11.0. The second-order valence-electron chi connectivity index (χ2n) is 3.81. The summed E-state index contributed by atoms with van der Waals surface area (Å²) in [5.74, 6) is 0.0939. The number of aromatic nitrogens is 3. The van der Waals surface area contributed by atoms with Crippen LogP contribution in [0.25, 0.3) is 0 Å². The zero-order valence-corrected chi connectivity index (χ0v) is 10.6. The second-order valence-corrected chi connectivity index (χ2v) is 3.81. The normalized spacial score (nSPS) is 10.5. The Balaban J connectivity index is 2.18. The van der Waals surface area contributed by atoms with Crippen molar-refractivity contribution in [1.82, 2.24) is 25.6 Å². The van der Waals surface area contributed by atoms with Crippen LogP contribution in [0, 0.1) is 0 Å². The Bertz CT molecular complexity index is 336. The molecule has 0 spiro atoms. The van der Waals surface area contributed by atoms with Crippen LogP contribution in [-0.4, -0.2) is 34.0 Å². The van der Waals surface area contributed by atoms with Crippen LogP contribution < -0.4 is 10.6 Å². The van der Waals surface area contributed by atoms with Gasteiger partial charge in [-0.2, -0.15) is 0 Å². The van der Waals surface area contributed by atoms with Gasteiger partial charge in [-0.1, -0.05) is 19.1 Å². The van der Waals surface area contributed by atoms with Crippen LogP contribution in [0.15, 0.2) is 6.20 Å². The van der Waals surface area contributed by atoms with Gasteiger partial charge in [-0.15, -0.1) is 5.10 Å². The maximum Gasteiger partial charge on any atom is 0.219 e. The maximum absolute atomic E-state index is 11.0. The summed E-state index contributed by atoms with van der Waals surface area (Å²) in [7, 11) is 0. The minimum absolute atomic E-state index is 0.0939. The Morgan fingerprint density at radius 2 is 2.29 bits per heavy atom. The predicted octanol–water partition coefficient (Wildman–Crippen LogP) is 0.304. The fourth-order valence-electron chi connectivity index (χ4n) is 1.38. The standard InChI is InChI=1S/C11H21N5O/c1-3-11(17)13-6-5-7-16-9-10(14-15-16)8-12-4-2/h9,12H,3-8H2,1-2H3,(H,13,17). The topological polar surface area (TPSA) is 71.8 Å². The average Bonchev–Trinajstić information content (AvgIpc) is 2.79. The first-order valence-corrected chi connectivity index (χ1v) is 6.12. The van der Waals surface area contributed by atoms with Gasteiger partial charge in [0.1, 0.15) is 0 Å². The molecule has 96 valence electrons. The van der Waals surface area contributed by atoms with Gasteiger partial charge in [0.15, 0.2) is 0 Å². The molecule has 6 heteroatoms. The van der Waals surface area contributed by atoms with Crippen molar-refractivity contribution in [2.75, 3.05) is 13.1 Å². The Kier molecular flexibility index (Phi) is 6.24. The number of rotatable bonds is 8. The summed E-state index contributed by atoms with van der Waals surface area (Å²) in [4.78, 5) is 11.0. The first kappa shape index (κ1) is 13.6. The first-order chi connectivity index (χ1) is 8.26. The van der Waals surface area contributed by atoms with Crippen molar-refractivity contribution in [3.05, 3.63) is 11.9 Å². The molecule has 0 bridgehead atoms. The molecule has 1 aromatic heterocycles. The molecule has 0 saturated carbocycles. The zero-order chi connectivity index (χ0) is 12.5. The fourth-order valence-corrected chi connectivity index (χ4v) is 1.38. The largest absolute Gasteiger partial charge is 0.356 e. The highest BCUT2D eigenvalue weighted by atomic mass is 16.1. The molecule has 0 radical (unpaired) electrons. The number of hydrogen-bond acceptors (Lipinski definition) is 4. The lowest BCUT2D eigenvalue weighted by Gasteiger charge is -2.02. The molecule has 6 nitrogen and oxygen atoms in total. The Morgan fingerprint density at radius 3 is 3.00 bits per heavy atom. The third-order valence-corrected chi connectivity index (χ3v) is 2.35. The van der Waals surface area contributed by atoms with Crippen molar-refractivity contribution in [3.63, 3.8) is 0 Å². The highest BCUT2D eigenvalue weighted by Gasteiger charge is 2.00. The van der Waals surface area contributed by atoms with E-state index in [9.17, 15) is 4.79 Å².